The zero-order chi connectivity index (χ0) is 12.3. The molecule has 0 saturated heterocycles. The van der Waals surface area contributed by atoms with Crippen LogP contribution in [0.3, 0.4) is 0 Å². The van der Waals surface area contributed by atoms with Gasteiger partial charge in [-0.05, 0) is 57.4 Å². The molecule has 0 aromatic carbocycles. The number of hydrogen-bond acceptors (Lipinski definition) is 3. The summed E-state index contributed by atoms with van der Waals surface area (Å²) >= 11 is 4.96. The van der Waals surface area contributed by atoms with Gasteiger partial charge in [0.25, 0.3) is 0 Å². The van der Waals surface area contributed by atoms with Crippen LogP contribution in [0.25, 0.3) is 0 Å². The van der Waals surface area contributed by atoms with Gasteiger partial charge in [0.1, 0.15) is 5.82 Å². The van der Waals surface area contributed by atoms with Gasteiger partial charge in [0.05, 0.1) is 12.1 Å². The number of amides is 1. The van der Waals surface area contributed by atoms with E-state index < -0.39 is 0 Å². The molecule has 0 aliphatic heterocycles. The first-order valence-corrected chi connectivity index (χ1v) is 6.83. The number of carbonyl (C=O) groups excluding carboxylic acids is 1. The molecule has 0 saturated carbocycles. The van der Waals surface area contributed by atoms with Gasteiger partial charge >= 0.3 is 0 Å². The van der Waals surface area contributed by atoms with Crippen LogP contribution < -0.4 is 5.32 Å². The van der Waals surface area contributed by atoms with Crippen molar-refractivity contribution in [1.29, 1.82) is 0 Å². The number of rotatable bonds is 3. The molecule has 2 aromatic rings. The lowest BCUT2D eigenvalue weighted by Crippen LogP contribution is -2.15. The van der Waals surface area contributed by atoms with Crippen LogP contribution in [0.2, 0.25) is 0 Å². The van der Waals surface area contributed by atoms with Crippen molar-refractivity contribution in [3.05, 3.63) is 44.7 Å². The number of aromatic nitrogens is 1. The fourth-order valence-electron chi connectivity index (χ4n) is 1.38. The van der Waals surface area contributed by atoms with E-state index in [-0.39, 0.29) is 5.91 Å². The van der Waals surface area contributed by atoms with Crippen molar-refractivity contribution in [2.45, 2.75) is 13.3 Å². The van der Waals surface area contributed by atoms with Gasteiger partial charge in [0, 0.05) is 4.47 Å². The van der Waals surface area contributed by atoms with Gasteiger partial charge in [-0.2, -0.15) is 11.3 Å². The third kappa shape index (κ3) is 3.38. The molecule has 2 heterocycles. The first kappa shape index (κ1) is 12.3. The molecule has 0 bridgehead atoms. The van der Waals surface area contributed by atoms with Crippen molar-refractivity contribution < 1.29 is 4.79 Å². The molecule has 1 amide bonds. The van der Waals surface area contributed by atoms with E-state index in [9.17, 15) is 4.79 Å². The lowest BCUT2D eigenvalue weighted by molar-refractivity contribution is -0.115. The van der Waals surface area contributed by atoms with Gasteiger partial charge in [0.15, 0.2) is 0 Å². The van der Waals surface area contributed by atoms with Crippen LogP contribution in [0.15, 0.2) is 33.4 Å². The average Bonchev–Trinajstić information content (AvgIpc) is 2.76. The molecule has 17 heavy (non-hydrogen) atoms. The molecule has 2 aromatic heterocycles. The molecule has 1 N–H and O–H groups in total. The maximum atomic E-state index is 11.7. The fourth-order valence-corrected chi connectivity index (χ4v) is 2.27. The Hall–Kier alpha value is -1.20. The van der Waals surface area contributed by atoms with Crippen molar-refractivity contribution in [2.75, 3.05) is 5.32 Å². The van der Waals surface area contributed by atoms with E-state index in [4.69, 9.17) is 0 Å². The Kier molecular flexibility index (Phi) is 3.91. The van der Waals surface area contributed by atoms with Gasteiger partial charge in [-0.15, -0.1) is 0 Å². The normalized spacial score (nSPS) is 10.2. The Balaban J connectivity index is 2.00. The molecule has 2 rings (SSSR count). The third-order valence-electron chi connectivity index (χ3n) is 2.23. The number of nitrogens with zero attached hydrogens (tertiary/aromatic N) is 1. The minimum Gasteiger partial charge on any atom is -0.310 e. The number of pyridine rings is 1. The second-order valence-electron chi connectivity index (χ2n) is 3.62. The highest BCUT2D eigenvalue weighted by Crippen LogP contribution is 2.16. The summed E-state index contributed by atoms with van der Waals surface area (Å²) < 4.78 is 0.938. The standard InChI is InChI=1S/C12H11BrN2OS/c1-8-10(13)2-3-11(14-8)15-12(16)6-9-4-5-17-7-9/h2-5,7H,6H2,1H3,(H,14,15,16). The molecule has 0 aliphatic carbocycles. The van der Waals surface area contributed by atoms with Crippen molar-refractivity contribution in [1.82, 2.24) is 4.98 Å². The van der Waals surface area contributed by atoms with Gasteiger partial charge < -0.3 is 5.32 Å². The molecular weight excluding hydrogens is 300 g/mol. The van der Waals surface area contributed by atoms with Gasteiger partial charge in [-0.1, -0.05) is 0 Å². The predicted molar refractivity (Wildman–Crippen MR) is 73.3 cm³/mol. The Labute approximate surface area is 112 Å². The number of hydrogen-bond donors (Lipinski definition) is 1. The summed E-state index contributed by atoms with van der Waals surface area (Å²) in [7, 11) is 0. The van der Waals surface area contributed by atoms with Crippen molar-refractivity contribution in [3.63, 3.8) is 0 Å². The summed E-state index contributed by atoms with van der Waals surface area (Å²) in [5, 5.41) is 6.72. The fraction of sp³-hybridized carbons (Fsp3) is 0.167. The van der Waals surface area contributed by atoms with Crippen molar-refractivity contribution in [2.24, 2.45) is 0 Å². The number of carbonyl (C=O) groups is 1. The zero-order valence-corrected chi connectivity index (χ0v) is 11.6. The number of aryl methyl sites for hydroxylation is 1. The molecule has 3 nitrogen and oxygen atoms in total. The topological polar surface area (TPSA) is 42.0 Å². The van der Waals surface area contributed by atoms with E-state index in [1.54, 1.807) is 17.4 Å². The maximum Gasteiger partial charge on any atom is 0.229 e. The minimum absolute atomic E-state index is 0.0439. The maximum absolute atomic E-state index is 11.7. The summed E-state index contributed by atoms with van der Waals surface area (Å²) in [4.78, 5) is 16.0. The lowest BCUT2D eigenvalue weighted by atomic mass is 10.2. The molecular formula is C12H11BrN2OS. The Morgan fingerprint density at radius 3 is 2.94 bits per heavy atom. The minimum atomic E-state index is -0.0439. The summed E-state index contributed by atoms with van der Waals surface area (Å²) in [6, 6.07) is 5.61. The number of anilines is 1. The summed E-state index contributed by atoms with van der Waals surface area (Å²) in [5.41, 5.74) is 1.89. The van der Waals surface area contributed by atoms with E-state index >= 15 is 0 Å². The highest BCUT2D eigenvalue weighted by atomic mass is 79.9. The monoisotopic (exact) mass is 310 g/mol. The molecule has 88 valence electrons. The van der Waals surface area contributed by atoms with Crippen LogP contribution in [-0.2, 0) is 11.2 Å². The summed E-state index contributed by atoms with van der Waals surface area (Å²) in [5.74, 6) is 0.545. The quantitative estimate of drug-likeness (QED) is 0.944. The molecule has 0 fully saturated rings. The van der Waals surface area contributed by atoms with Crippen LogP contribution in [0.5, 0.6) is 0 Å². The van der Waals surface area contributed by atoms with Crippen LogP contribution in [-0.4, -0.2) is 10.9 Å². The third-order valence-corrected chi connectivity index (χ3v) is 3.80. The van der Waals surface area contributed by atoms with E-state index in [2.05, 4.69) is 26.2 Å². The SMILES string of the molecule is Cc1nc(NC(=O)Cc2ccsc2)ccc1Br. The van der Waals surface area contributed by atoms with E-state index in [0.717, 1.165) is 15.7 Å². The van der Waals surface area contributed by atoms with Crippen LogP contribution in [0.1, 0.15) is 11.3 Å². The molecule has 0 atom stereocenters. The zero-order valence-electron chi connectivity index (χ0n) is 9.24. The van der Waals surface area contributed by atoms with Crippen molar-refractivity contribution >= 4 is 39.0 Å². The second-order valence-corrected chi connectivity index (χ2v) is 5.25. The predicted octanol–water partition coefficient (Wildman–Crippen LogP) is 3.40. The largest absolute Gasteiger partial charge is 0.310 e. The second kappa shape index (κ2) is 5.42. The summed E-state index contributed by atoms with van der Waals surface area (Å²) in [6.07, 6.45) is 0.389. The molecule has 0 aliphatic rings. The Morgan fingerprint density at radius 1 is 1.47 bits per heavy atom. The van der Waals surface area contributed by atoms with E-state index in [1.807, 2.05) is 29.8 Å². The Morgan fingerprint density at radius 2 is 2.29 bits per heavy atom. The number of nitrogens with one attached hydrogen (secondary N) is 1. The van der Waals surface area contributed by atoms with E-state index in [0.29, 0.717) is 12.2 Å². The first-order valence-electron chi connectivity index (χ1n) is 5.09. The molecule has 0 unspecified atom stereocenters. The van der Waals surface area contributed by atoms with Crippen LogP contribution in [0, 0.1) is 6.92 Å². The van der Waals surface area contributed by atoms with Crippen molar-refractivity contribution in [3.8, 4) is 0 Å². The molecule has 0 spiro atoms. The molecule has 0 radical (unpaired) electrons. The van der Waals surface area contributed by atoms with Gasteiger partial charge in [-0.3, -0.25) is 4.79 Å². The highest BCUT2D eigenvalue weighted by molar-refractivity contribution is 9.10. The van der Waals surface area contributed by atoms with Crippen LogP contribution >= 0.6 is 27.3 Å². The van der Waals surface area contributed by atoms with E-state index in [1.165, 1.54) is 0 Å². The number of thiophene rings is 1. The average molecular weight is 311 g/mol. The first-order chi connectivity index (χ1) is 8.15. The lowest BCUT2D eigenvalue weighted by Gasteiger charge is -2.05. The summed E-state index contributed by atoms with van der Waals surface area (Å²) in [6.45, 7) is 1.89. The van der Waals surface area contributed by atoms with Crippen LogP contribution in [0.4, 0.5) is 5.82 Å². The number of halogens is 1. The smallest absolute Gasteiger partial charge is 0.229 e. The molecule has 5 heteroatoms. The van der Waals surface area contributed by atoms with Gasteiger partial charge in [-0.25, -0.2) is 4.98 Å². The highest BCUT2D eigenvalue weighted by Gasteiger charge is 2.06. The Bertz CT molecular complexity index is 525. The van der Waals surface area contributed by atoms with Gasteiger partial charge in [0.2, 0.25) is 5.91 Å².